The van der Waals surface area contributed by atoms with Gasteiger partial charge >= 0.3 is 6.09 Å². The van der Waals surface area contributed by atoms with E-state index in [1.807, 2.05) is 57.7 Å². The standard InChI is InChI=1S/C24H36N2O4/c1-22(2,3)30-21(28)25-12-11-24(29,23(4,5)16-25)17-26-15-19(14-20(26)27)13-18-9-7-6-8-10-18/h6-10,19,29H,11-17H2,1-5H3. The highest BCUT2D eigenvalue weighted by atomic mass is 16.6. The lowest BCUT2D eigenvalue weighted by molar-refractivity contribution is -0.147. The van der Waals surface area contributed by atoms with Crippen molar-refractivity contribution in [3.8, 4) is 0 Å². The molecule has 0 aromatic heterocycles. The maximum absolute atomic E-state index is 12.7. The molecule has 2 amide bonds. The third-order valence-corrected chi connectivity index (χ3v) is 6.41. The first-order chi connectivity index (χ1) is 13.9. The number of benzene rings is 1. The number of hydrogen-bond donors (Lipinski definition) is 1. The molecule has 2 unspecified atom stereocenters. The van der Waals surface area contributed by atoms with Gasteiger partial charge < -0.3 is 19.6 Å². The van der Waals surface area contributed by atoms with Crippen LogP contribution in [0.3, 0.4) is 0 Å². The fourth-order valence-corrected chi connectivity index (χ4v) is 4.54. The number of carbonyl (C=O) groups excluding carboxylic acids is 2. The second-order valence-corrected chi connectivity index (χ2v) is 10.6. The first kappa shape index (κ1) is 22.6. The number of ether oxygens (including phenoxy) is 1. The summed E-state index contributed by atoms with van der Waals surface area (Å²) in [5.74, 6) is 0.378. The average molecular weight is 417 g/mol. The van der Waals surface area contributed by atoms with Gasteiger partial charge in [-0.2, -0.15) is 0 Å². The van der Waals surface area contributed by atoms with Crippen LogP contribution in [0.1, 0.15) is 53.0 Å². The molecule has 0 spiro atoms. The summed E-state index contributed by atoms with van der Waals surface area (Å²) in [4.78, 5) is 28.6. The molecule has 2 aliphatic rings. The van der Waals surface area contributed by atoms with Crippen LogP contribution in [0.4, 0.5) is 4.79 Å². The van der Waals surface area contributed by atoms with Crippen molar-refractivity contribution in [2.45, 2.75) is 65.1 Å². The van der Waals surface area contributed by atoms with Crippen molar-refractivity contribution in [3.63, 3.8) is 0 Å². The molecular weight excluding hydrogens is 380 g/mol. The topological polar surface area (TPSA) is 70.1 Å². The number of β-amino-alcohol motifs (C(OH)–C–C–N with tert-alkyl or cyclic N) is 1. The van der Waals surface area contributed by atoms with E-state index in [4.69, 9.17) is 4.74 Å². The summed E-state index contributed by atoms with van der Waals surface area (Å²) < 4.78 is 5.50. The van der Waals surface area contributed by atoms with Crippen molar-refractivity contribution in [2.75, 3.05) is 26.2 Å². The van der Waals surface area contributed by atoms with Crippen molar-refractivity contribution >= 4 is 12.0 Å². The van der Waals surface area contributed by atoms with E-state index in [0.717, 1.165) is 6.42 Å². The third kappa shape index (κ3) is 5.15. The van der Waals surface area contributed by atoms with E-state index < -0.39 is 16.6 Å². The molecule has 166 valence electrons. The highest BCUT2D eigenvalue weighted by Crippen LogP contribution is 2.40. The Balaban J connectivity index is 1.62. The van der Waals surface area contributed by atoms with Crippen molar-refractivity contribution in [1.82, 2.24) is 9.80 Å². The molecule has 1 N–H and O–H groups in total. The van der Waals surface area contributed by atoms with Gasteiger partial charge in [-0.3, -0.25) is 4.79 Å². The van der Waals surface area contributed by atoms with Gasteiger partial charge in [-0.05, 0) is 45.1 Å². The predicted molar refractivity (Wildman–Crippen MR) is 116 cm³/mol. The molecule has 30 heavy (non-hydrogen) atoms. The first-order valence-electron chi connectivity index (χ1n) is 10.9. The summed E-state index contributed by atoms with van der Waals surface area (Å²) in [5.41, 5.74) is -0.908. The molecule has 6 heteroatoms. The zero-order valence-corrected chi connectivity index (χ0v) is 19.0. The minimum atomic E-state index is -1.04. The molecule has 2 aliphatic heterocycles. The lowest BCUT2D eigenvalue weighted by Crippen LogP contribution is -2.63. The molecule has 2 saturated heterocycles. The second-order valence-electron chi connectivity index (χ2n) is 10.6. The Morgan fingerprint density at radius 2 is 1.90 bits per heavy atom. The van der Waals surface area contributed by atoms with Crippen LogP contribution in [0.5, 0.6) is 0 Å². The van der Waals surface area contributed by atoms with E-state index in [1.54, 1.807) is 4.90 Å². The monoisotopic (exact) mass is 416 g/mol. The van der Waals surface area contributed by atoms with E-state index in [9.17, 15) is 14.7 Å². The van der Waals surface area contributed by atoms with Crippen LogP contribution in [0.25, 0.3) is 0 Å². The van der Waals surface area contributed by atoms with Crippen LogP contribution >= 0.6 is 0 Å². The van der Waals surface area contributed by atoms with Crippen LogP contribution in [-0.4, -0.2) is 64.3 Å². The SMILES string of the molecule is CC(C)(C)OC(=O)N1CCC(O)(CN2CC(Cc3ccccc3)CC2=O)C(C)(C)C1. The average Bonchev–Trinajstić information content (AvgIpc) is 2.95. The third-order valence-electron chi connectivity index (χ3n) is 6.41. The maximum atomic E-state index is 12.7. The van der Waals surface area contributed by atoms with Gasteiger partial charge in [0, 0.05) is 31.5 Å². The number of hydrogen-bond acceptors (Lipinski definition) is 4. The number of amides is 2. The van der Waals surface area contributed by atoms with Gasteiger partial charge in [0.15, 0.2) is 0 Å². The van der Waals surface area contributed by atoms with E-state index in [1.165, 1.54) is 5.56 Å². The van der Waals surface area contributed by atoms with Crippen LogP contribution in [0.2, 0.25) is 0 Å². The lowest BCUT2D eigenvalue weighted by Gasteiger charge is -2.51. The predicted octanol–water partition coefficient (Wildman–Crippen LogP) is 3.48. The smallest absolute Gasteiger partial charge is 0.410 e. The maximum Gasteiger partial charge on any atom is 0.410 e. The fraction of sp³-hybridized carbons (Fsp3) is 0.667. The van der Waals surface area contributed by atoms with Crippen LogP contribution in [0, 0.1) is 11.3 Å². The Bertz CT molecular complexity index is 771. The quantitative estimate of drug-likeness (QED) is 0.816. The first-order valence-corrected chi connectivity index (χ1v) is 10.9. The van der Waals surface area contributed by atoms with Crippen LogP contribution in [0.15, 0.2) is 30.3 Å². The highest BCUT2D eigenvalue weighted by molar-refractivity contribution is 5.78. The zero-order valence-electron chi connectivity index (χ0n) is 19.0. The van der Waals surface area contributed by atoms with Gasteiger partial charge in [0.2, 0.25) is 5.91 Å². The second kappa shape index (κ2) is 8.22. The highest BCUT2D eigenvalue weighted by Gasteiger charge is 2.51. The van der Waals surface area contributed by atoms with Crippen molar-refractivity contribution < 1.29 is 19.4 Å². The van der Waals surface area contributed by atoms with Gasteiger partial charge in [-0.25, -0.2) is 4.79 Å². The molecule has 2 atom stereocenters. The minimum absolute atomic E-state index is 0.106. The Hall–Kier alpha value is -2.08. The number of aliphatic hydroxyl groups is 1. The van der Waals surface area contributed by atoms with E-state index in [-0.39, 0.29) is 17.9 Å². The molecule has 0 radical (unpaired) electrons. The van der Waals surface area contributed by atoms with Gasteiger partial charge in [-0.1, -0.05) is 44.2 Å². The van der Waals surface area contributed by atoms with E-state index in [2.05, 4.69) is 12.1 Å². The molecule has 0 saturated carbocycles. The molecule has 2 fully saturated rings. The zero-order chi connectivity index (χ0) is 22.2. The molecular formula is C24H36N2O4. The Kier molecular flexibility index (Phi) is 6.19. The van der Waals surface area contributed by atoms with E-state index in [0.29, 0.717) is 39.0 Å². The largest absolute Gasteiger partial charge is 0.444 e. The summed E-state index contributed by atoms with van der Waals surface area (Å²) in [7, 11) is 0. The fourth-order valence-electron chi connectivity index (χ4n) is 4.54. The molecule has 0 bridgehead atoms. The van der Waals surface area contributed by atoms with Gasteiger partial charge in [0.1, 0.15) is 5.60 Å². The number of nitrogens with zero attached hydrogens (tertiary/aromatic N) is 2. The Morgan fingerprint density at radius 1 is 1.23 bits per heavy atom. The van der Waals surface area contributed by atoms with Gasteiger partial charge in [0.05, 0.1) is 12.1 Å². The Morgan fingerprint density at radius 3 is 2.50 bits per heavy atom. The molecule has 0 aliphatic carbocycles. The van der Waals surface area contributed by atoms with Crippen molar-refractivity contribution in [3.05, 3.63) is 35.9 Å². The van der Waals surface area contributed by atoms with Crippen molar-refractivity contribution in [2.24, 2.45) is 11.3 Å². The molecule has 1 aromatic carbocycles. The summed E-state index contributed by atoms with van der Waals surface area (Å²) in [5, 5.41) is 11.5. The number of carbonyl (C=O) groups is 2. The van der Waals surface area contributed by atoms with Crippen LogP contribution in [-0.2, 0) is 16.0 Å². The van der Waals surface area contributed by atoms with Crippen LogP contribution < -0.4 is 0 Å². The molecule has 6 nitrogen and oxygen atoms in total. The summed E-state index contributed by atoms with van der Waals surface area (Å²) in [6, 6.07) is 10.2. The minimum Gasteiger partial charge on any atom is -0.444 e. The summed E-state index contributed by atoms with van der Waals surface area (Å²) in [6.45, 7) is 11.3. The van der Waals surface area contributed by atoms with E-state index >= 15 is 0 Å². The summed E-state index contributed by atoms with van der Waals surface area (Å²) in [6.07, 6.45) is 1.47. The molecule has 1 aromatic rings. The van der Waals surface area contributed by atoms with Gasteiger partial charge in [0.25, 0.3) is 0 Å². The normalized spacial score (nSPS) is 26.7. The lowest BCUT2D eigenvalue weighted by atomic mass is 9.69. The van der Waals surface area contributed by atoms with Crippen molar-refractivity contribution in [1.29, 1.82) is 0 Å². The number of rotatable bonds is 4. The summed E-state index contributed by atoms with van der Waals surface area (Å²) >= 11 is 0. The molecule has 2 heterocycles. The molecule has 3 rings (SSSR count). The van der Waals surface area contributed by atoms with Gasteiger partial charge in [-0.15, -0.1) is 0 Å². The Labute approximate surface area is 180 Å². The number of piperidine rings is 1. The number of likely N-dealkylation sites (tertiary alicyclic amines) is 2.